The Kier molecular flexibility index (Phi) is 3.99. The monoisotopic (exact) mass is 342 g/mol. The van der Waals surface area contributed by atoms with Crippen LogP contribution in [-0.4, -0.2) is 33.7 Å². The van der Waals surface area contributed by atoms with E-state index in [0.29, 0.717) is 5.70 Å². The normalized spacial score (nSPS) is 22.2. The SMILES string of the molecule is O=C(O)C1=N/C(=C/c2ccc(C=C3C=CC(C=C4C=CC=N4)=N3)[nH]2)C=C1. The summed E-state index contributed by atoms with van der Waals surface area (Å²) in [5.41, 5.74) is 4.96. The number of hydrogen-bond acceptors (Lipinski definition) is 4. The first-order chi connectivity index (χ1) is 12.7. The van der Waals surface area contributed by atoms with Crippen molar-refractivity contribution in [3.05, 3.63) is 83.1 Å². The highest BCUT2D eigenvalue weighted by molar-refractivity contribution is 6.41. The number of nitrogens with one attached hydrogen (secondary N) is 1. The smallest absolute Gasteiger partial charge is 0.354 e. The molecule has 1 aromatic heterocycles. The van der Waals surface area contributed by atoms with Crippen molar-refractivity contribution in [2.45, 2.75) is 0 Å². The van der Waals surface area contributed by atoms with E-state index in [4.69, 9.17) is 5.11 Å². The summed E-state index contributed by atoms with van der Waals surface area (Å²) in [7, 11) is 0. The number of carbonyl (C=O) groups is 1. The van der Waals surface area contributed by atoms with Crippen molar-refractivity contribution in [2.75, 3.05) is 0 Å². The molecule has 0 spiro atoms. The topological polar surface area (TPSA) is 90.2 Å². The molecular weight excluding hydrogens is 328 g/mol. The highest BCUT2D eigenvalue weighted by Crippen LogP contribution is 2.18. The van der Waals surface area contributed by atoms with Crippen molar-refractivity contribution in [1.29, 1.82) is 0 Å². The summed E-state index contributed by atoms with van der Waals surface area (Å²) in [6.45, 7) is 0. The molecule has 0 radical (unpaired) electrons. The van der Waals surface area contributed by atoms with Gasteiger partial charge >= 0.3 is 5.97 Å². The lowest BCUT2D eigenvalue weighted by Crippen LogP contribution is -2.06. The van der Waals surface area contributed by atoms with Gasteiger partial charge < -0.3 is 10.1 Å². The van der Waals surface area contributed by atoms with E-state index in [1.165, 1.54) is 6.08 Å². The summed E-state index contributed by atoms with van der Waals surface area (Å²) in [5, 5.41) is 8.91. The first-order valence-electron chi connectivity index (χ1n) is 7.97. The Hall–Kier alpha value is -3.80. The third-order valence-electron chi connectivity index (χ3n) is 3.77. The molecule has 0 atom stereocenters. The average Bonchev–Trinajstić information content (AvgIpc) is 3.38. The van der Waals surface area contributed by atoms with Crippen molar-refractivity contribution >= 4 is 35.8 Å². The number of aliphatic imine (C=N–C) groups is 3. The Bertz CT molecular complexity index is 1040. The van der Waals surface area contributed by atoms with E-state index in [1.807, 2.05) is 48.6 Å². The number of rotatable bonds is 4. The Morgan fingerprint density at radius 2 is 1.62 bits per heavy atom. The molecule has 0 saturated carbocycles. The van der Waals surface area contributed by atoms with Crippen LogP contribution in [0.3, 0.4) is 0 Å². The Morgan fingerprint density at radius 1 is 0.885 bits per heavy atom. The van der Waals surface area contributed by atoms with E-state index in [2.05, 4.69) is 20.0 Å². The molecule has 126 valence electrons. The zero-order chi connectivity index (χ0) is 17.9. The van der Waals surface area contributed by atoms with Crippen LogP contribution in [-0.2, 0) is 4.79 Å². The number of aromatic amines is 1. The van der Waals surface area contributed by atoms with Gasteiger partial charge in [-0.05, 0) is 66.8 Å². The van der Waals surface area contributed by atoms with Gasteiger partial charge in [-0.3, -0.25) is 4.99 Å². The maximum atomic E-state index is 10.9. The van der Waals surface area contributed by atoms with Crippen molar-refractivity contribution in [2.24, 2.45) is 15.0 Å². The van der Waals surface area contributed by atoms with Gasteiger partial charge in [0.05, 0.1) is 22.8 Å². The van der Waals surface area contributed by atoms with Gasteiger partial charge in [0.25, 0.3) is 0 Å². The van der Waals surface area contributed by atoms with Gasteiger partial charge in [-0.15, -0.1) is 0 Å². The molecule has 3 aliphatic heterocycles. The number of carboxylic acids is 1. The molecule has 0 bridgehead atoms. The predicted octanol–water partition coefficient (Wildman–Crippen LogP) is 3.33. The van der Waals surface area contributed by atoms with Crippen molar-refractivity contribution in [3.63, 3.8) is 0 Å². The van der Waals surface area contributed by atoms with Crippen LogP contribution in [0.25, 0.3) is 12.2 Å². The molecule has 6 nitrogen and oxygen atoms in total. The van der Waals surface area contributed by atoms with Crippen LogP contribution in [0.4, 0.5) is 0 Å². The van der Waals surface area contributed by atoms with E-state index in [9.17, 15) is 4.79 Å². The number of H-pyrrole nitrogens is 1. The Labute approximate surface area is 149 Å². The molecule has 0 amide bonds. The molecule has 0 saturated heterocycles. The minimum Gasteiger partial charge on any atom is -0.477 e. The van der Waals surface area contributed by atoms with Gasteiger partial charge in [-0.2, -0.15) is 0 Å². The van der Waals surface area contributed by atoms with Crippen LogP contribution < -0.4 is 0 Å². The zero-order valence-electron chi connectivity index (χ0n) is 13.6. The second-order valence-corrected chi connectivity index (χ2v) is 5.72. The zero-order valence-corrected chi connectivity index (χ0v) is 13.6. The van der Waals surface area contributed by atoms with Crippen molar-refractivity contribution < 1.29 is 9.90 Å². The van der Waals surface area contributed by atoms with Crippen LogP contribution in [0.5, 0.6) is 0 Å². The fraction of sp³-hybridized carbons (Fsp3) is 0. The van der Waals surface area contributed by atoms with Gasteiger partial charge in [-0.25, -0.2) is 14.8 Å². The molecule has 2 N–H and O–H groups in total. The molecule has 0 aliphatic carbocycles. The quantitative estimate of drug-likeness (QED) is 0.879. The fourth-order valence-electron chi connectivity index (χ4n) is 2.60. The maximum absolute atomic E-state index is 10.9. The van der Waals surface area contributed by atoms with E-state index < -0.39 is 5.97 Å². The van der Waals surface area contributed by atoms with Crippen molar-refractivity contribution in [3.8, 4) is 0 Å². The number of aromatic nitrogens is 1. The minimum absolute atomic E-state index is 0.0404. The average molecular weight is 342 g/mol. The lowest BCUT2D eigenvalue weighted by atomic mass is 10.3. The number of hydrogen-bond donors (Lipinski definition) is 2. The summed E-state index contributed by atoms with van der Waals surface area (Å²) in [5.74, 6) is -1.03. The number of allylic oxidation sites excluding steroid dienone is 6. The standard InChI is InChI=1S/C20H14N4O2/c25-20(26)19-8-7-18(24-19)12-17-6-5-16(23-17)11-15-4-3-14(22-15)10-13-2-1-9-21-13/h1-12,23H,(H,25,26)/b13-10?,15-11?,18-12+. The van der Waals surface area contributed by atoms with Crippen LogP contribution >= 0.6 is 0 Å². The molecule has 6 heteroatoms. The van der Waals surface area contributed by atoms with E-state index in [0.717, 1.165) is 28.5 Å². The summed E-state index contributed by atoms with van der Waals surface area (Å²) >= 11 is 0. The summed E-state index contributed by atoms with van der Waals surface area (Å²) in [6.07, 6.45) is 18.3. The van der Waals surface area contributed by atoms with Crippen LogP contribution in [0.15, 0.2) is 86.7 Å². The molecule has 0 aromatic carbocycles. The third-order valence-corrected chi connectivity index (χ3v) is 3.77. The molecule has 4 rings (SSSR count). The number of nitrogens with zero attached hydrogens (tertiary/aromatic N) is 3. The number of aliphatic carboxylic acids is 1. The first-order valence-corrected chi connectivity index (χ1v) is 7.97. The highest BCUT2D eigenvalue weighted by Gasteiger charge is 2.11. The fourth-order valence-corrected chi connectivity index (χ4v) is 2.60. The maximum Gasteiger partial charge on any atom is 0.354 e. The van der Waals surface area contributed by atoms with Gasteiger partial charge in [0.2, 0.25) is 0 Å². The molecule has 0 unspecified atom stereocenters. The predicted molar refractivity (Wildman–Crippen MR) is 103 cm³/mol. The van der Waals surface area contributed by atoms with Gasteiger partial charge in [0.15, 0.2) is 0 Å². The third kappa shape index (κ3) is 3.49. The van der Waals surface area contributed by atoms with E-state index >= 15 is 0 Å². The summed E-state index contributed by atoms with van der Waals surface area (Å²) in [4.78, 5) is 26.9. The minimum atomic E-state index is -1.03. The van der Waals surface area contributed by atoms with Gasteiger partial charge in [0, 0.05) is 17.6 Å². The van der Waals surface area contributed by atoms with E-state index in [1.54, 1.807) is 18.4 Å². The van der Waals surface area contributed by atoms with Crippen molar-refractivity contribution in [1.82, 2.24) is 4.98 Å². The van der Waals surface area contributed by atoms with Crippen LogP contribution in [0.1, 0.15) is 11.4 Å². The lowest BCUT2D eigenvalue weighted by molar-refractivity contribution is -0.129. The van der Waals surface area contributed by atoms with Crippen LogP contribution in [0, 0.1) is 0 Å². The molecule has 4 heterocycles. The Balaban J connectivity index is 1.49. The molecule has 3 aliphatic rings. The largest absolute Gasteiger partial charge is 0.477 e. The first kappa shape index (κ1) is 15.7. The van der Waals surface area contributed by atoms with Gasteiger partial charge in [0.1, 0.15) is 5.71 Å². The van der Waals surface area contributed by atoms with Crippen LogP contribution in [0.2, 0.25) is 0 Å². The summed E-state index contributed by atoms with van der Waals surface area (Å²) in [6, 6.07) is 3.84. The van der Waals surface area contributed by atoms with Gasteiger partial charge in [-0.1, -0.05) is 0 Å². The van der Waals surface area contributed by atoms with E-state index in [-0.39, 0.29) is 5.71 Å². The highest BCUT2D eigenvalue weighted by atomic mass is 16.4. The Morgan fingerprint density at radius 3 is 2.27 bits per heavy atom. The number of carboxylic acid groups (broad SMARTS) is 1. The second-order valence-electron chi connectivity index (χ2n) is 5.72. The molecule has 26 heavy (non-hydrogen) atoms. The summed E-state index contributed by atoms with van der Waals surface area (Å²) < 4.78 is 0. The lowest BCUT2D eigenvalue weighted by Gasteiger charge is -1.92. The molecular formula is C20H14N4O2. The molecule has 1 aromatic rings. The second kappa shape index (κ2) is 6.60. The molecule has 0 fully saturated rings.